The summed E-state index contributed by atoms with van der Waals surface area (Å²) in [6, 6.07) is 14.0. The third-order valence-electron chi connectivity index (χ3n) is 2.89. The van der Waals surface area contributed by atoms with Crippen molar-refractivity contribution in [3.63, 3.8) is 0 Å². The molecular weight excluding hydrogens is 282 g/mol. The van der Waals surface area contributed by atoms with Crippen LogP contribution in [0, 0.1) is 0 Å². The molecule has 19 heavy (non-hydrogen) atoms. The number of hydrogen-bond donors (Lipinski definition) is 1. The number of rotatable bonds is 1. The van der Waals surface area contributed by atoms with Crippen molar-refractivity contribution in [2.24, 2.45) is 0 Å². The van der Waals surface area contributed by atoms with Crippen LogP contribution < -0.4 is 4.72 Å². The second kappa shape index (κ2) is 4.40. The minimum atomic E-state index is -3.53. The van der Waals surface area contributed by atoms with Gasteiger partial charge in [0.05, 0.1) is 10.6 Å². The Bertz CT molecular complexity index is 767. The molecule has 1 aliphatic rings. The summed E-state index contributed by atoms with van der Waals surface area (Å²) >= 11 is 5.92. The highest BCUT2D eigenvalue weighted by Crippen LogP contribution is 2.29. The fraction of sp³-hybridized carbons (Fsp3) is 0. The van der Waals surface area contributed by atoms with E-state index in [-0.39, 0.29) is 4.90 Å². The molecule has 5 heteroatoms. The molecule has 0 spiro atoms. The van der Waals surface area contributed by atoms with E-state index in [2.05, 4.69) is 4.72 Å². The Labute approximate surface area is 116 Å². The molecule has 2 aromatic carbocycles. The molecule has 0 fully saturated rings. The van der Waals surface area contributed by atoms with E-state index in [1.165, 1.54) is 6.07 Å². The quantitative estimate of drug-likeness (QED) is 0.877. The largest absolute Gasteiger partial charge is 0.279 e. The van der Waals surface area contributed by atoms with Crippen molar-refractivity contribution in [3.05, 3.63) is 64.7 Å². The van der Waals surface area contributed by atoms with Crippen LogP contribution in [0.1, 0.15) is 11.1 Å². The molecule has 1 aliphatic heterocycles. The van der Waals surface area contributed by atoms with Crippen molar-refractivity contribution in [1.82, 2.24) is 4.72 Å². The van der Waals surface area contributed by atoms with Crippen molar-refractivity contribution in [2.75, 3.05) is 0 Å². The molecule has 0 saturated carbocycles. The lowest BCUT2D eigenvalue weighted by molar-refractivity contribution is 0.591. The summed E-state index contributed by atoms with van der Waals surface area (Å²) in [7, 11) is -3.53. The Balaban J connectivity index is 2.21. The summed E-state index contributed by atoms with van der Waals surface area (Å²) in [6.07, 6.45) is 1.79. The Kier molecular flexibility index (Phi) is 2.84. The summed E-state index contributed by atoms with van der Waals surface area (Å²) in [5, 5.41) is 0.513. The molecule has 0 atom stereocenters. The monoisotopic (exact) mass is 291 g/mol. The van der Waals surface area contributed by atoms with E-state index in [1.54, 1.807) is 18.2 Å². The normalized spacial score (nSPS) is 16.2. The van der Waals surface area contributed by atoms with Gasteiger partial charge in [-0.3, -0.25) is 4.72 Å². The molecular formula is C14H10ClNO2S. The fourth-order valence-corrected chi connectivity index (χ4v) is 3.45. The van der Waals surface area contributed by atoms with Crippen LogP contribution in [0.4, 0.5) is 0 Å². The molecule has 0 aliphatic carbocycles. The predicted octanol–water partition coefficient (Wildman–Crippen LogP) is 3.13. The maximum absolute atomic E-state index is 12.2. The molecule has 96 valence electrons. The first-order valence-electron chi connectivity index (χ1n) is 5.66. The van der Waals surface area contributed by atoms with Gasteiger partial charge in [0, 0.05) is 5.02 Å². The predicted molar refractivity (Wildman–Crippen MR) is 76.1 cm³/mol. The zero-order chi connectivity index (χ0) is 13.5. The molecule has 0 bridgehead atoms. The summed E-state index contributed by atoms with van der Waals surface area (Å²) < 4.78 is 26.9. The van der Waals surface area contributed by atoms with Gasteiger partial charge < -0.3 is 0 Å². The van der Waals surface area contributed by atoms with Gasteiger partial charge in [-0.05, 0) is 35.4 Å². The molecule has 0 unspecified atom stereocenters. The van der Waals surface area contributed by atoms with Crippen molar-refractivity contribution in [1.29, 1.82) is 0 Å². The van der Waals surface area contributed by atoms with Crippen LogP contribution in [-0.2, 0) is 10.0 Å². The van der Waals surface area contributed by atoms with E-state index in [0.717, 1.165) is 5.56 Å². The highest BCUT2D eigenvalue weighted by molar-refractivity contribution is 7.90. The first kappa shape index (κ1) is 12.3. The lowest BCUT2D eigenvalue weighted by atomic mass is 10.1. The molecule has 0 amide bonds. The van der Waals surface area contributed by atoms with Crippen LogP contribution in [0.2, 0.25) is 5.02 Å². The van der Waals surface area contributed by atoms with E-state index in [1.807, 2.05) is 30.3 Å². The molecule has 1 heterocycles. The van der Waals surface area contributed by atoms with Gasteiger partial charge in [0.2, 0.25) is 0 Å². The van der Waals surface area contributed by atoms with Crippen molar-refractivity contribution in [2.45, 2.75) is 4.90 Å². The summed E-state index contributed by atoms with van der Waals surface area (Å²) in [5.74, 6) is 0. The molecule has 2 aromatic rings. The number of hydrogen-bond acceptors (Lipinski definition) is 2. The van der Waals surface area contributed by atoms with Gasteiger partial charge in [-0.25, -0.2) is 8.42 Å². The number of halogens is 1. The molecule has 0 saturated heterocycles. The second-order valence-electron chi connectivity index (χ2n) is 4.21. The maximum atomic E-state index is 12.2. The summed E-state index contributed by atoms with van der Waals surface area (Å²) in [4.78, 5) is 0.247. The molecule has 3 rings (SSSR count). The van der Waals surface area contributed by atoms with Crippen LogP contribution in [0.25, 0.3) is 11.8 Å². The van der Waals surface area contributed by atoms with Crippen LogP contribution in [0.3, 0.4) is 0 Å². The standard InChI is InChI=1S/C14H10ClNO2S/c15-12-6-7-14-11(8-12)9-13(16-19(14,17)18)10-4-2-1-3-5-10/h1-9,16H. The van der Waals surface area contributed by atoms with Gasteiger partial charge in [0.1, 0.15) is 0 Å². The zero-order valence-corrected chi connectivity index (χ0v) is 11.4. The summed E-state index contributed by atoms with van der Waals surface area (Å²) in [5.41, 5.74) is 1.97. The lowest BCUT2D eigenvalue weighted by Gasteiger charge is -2.19. The average molecular weight is 292 g/mol. The first-order valence-corrected chi connectivity index (χ1v) is 7.52. The molecule has 0 radical (unpaired) electrons. The number of sulfonamides is 1. The van der Waals surface area contributed by atoms with Crippen molar-refractivity contribution < 1.29 is 8.42 Å². The van der Waals surface area contributed by atoms with Crippen LogP contribution >= 0.6 is 11.6 Å². The molecule has 1 N–H and O–H groups in total. The summed E-state index contributed by atoms with van der Waals surface area (Å²) in [6.45, 7) is 0. The topological polar surface area (TPSA) is 46.2 Å². The van der Waals surface area contributed by atoms with Crippen LogP contribution in [0.15, 0.2) is 53.4 Å². The Morgan fingerprint density at radius 3 is 2.47 bits per heavy atom. The molecule has 0 aromatic heterocycles. The minimum absolute atomic E-state index is 0.247. The van der Waals surface area contributed by atoms with Crippen molar-refractivity contribution in [3.8, 4) is 0 Å². The van der Waals surface area contributed by atoms with E-state index in [9.17, 15) is 8.42 Å². The van der Waals surface area contributed by atoms with Gasteiger partial charge in [-0.1, -0.05) is 41.9 Å². The molecule has 3 nitrogen and oxygen atoms in total. The smallest absolute Gasteiger partial charge is 0.262 e. The number of benzene rings is 2. The Morgan fingerprint density at radius 2 is 1.74 bits per heavy atom. The first-order chi connectivity index (χ1) is 9.06. The van der Waals surface area contributed by atoms with Crippen LogP contribution in [0.5, 0.6) is 0 Å². The highest BCUT2D eigenvalue weighted by atomic mass is 35.5. The number of fused-ring (bicyclic) bond motifs is 1. The van der Waals surface area contributed by atoms with Gasteiger partial charge in [-0.2, -0.15) is 0 Å². The fourth-order valence-electron chi connectivity index (χ4n) is 2.02. The van der Waals surface area contributed by atoms with Gasteiger partial charge in [0.15, 0.2) is 0 Å². The Hall–Kier alpha value is -1.78. The highest BCUT2D eigenvalue weighted by Gasteiger charge is 2.24. The second-order valence-corrected chi connectivity index (χ2v) is 6.30. The zero-order valence-electron chi connectivity index (χ0n) is 9.80. The SMILES string of the molecule is O=S1(=O)NC(c2ccccc2)=Cc2cc(Cl)ccc21. The third kappa shape index (κ3) is 2.25. The minimum Gasteiger partial charge on any atom is -0.279 e. The third-order valence-corrected chi connectivity index (χ3v) is 4.56. The van der Waals surface area contributed by atoms with E-state index in [0.29, 0.717) is 16.3 Å². The maximum Gasteiger partial charge on any atom is 0.262 e. The Morgan fingerprint density at radius 1 is 1.00 bits per heavy atom. The van der Waals surface area contributed by atoms with Gasteiger partial charge >= 0.3 is 0 Å². The van der Waals surface area contributed by atoms with E-state index in [4.69, 9.17) is 11.6 Å². The van der Waals surface area contributed by atoms with Gasteiger partial charge in [-0.15, -0.1) is 0 Å². The van der Waals surface area contributed by atoms with E-state index < -0.39 is 10.0 Å². The van der Waals surface area contributed by atoms with Crippen molar-refractivity contribution >= 4 is 33.4 Å². The number of nitrogens with one attached hydrogen (secondary N) is 1. The van der Waals surface area contributed by atoms with Crippen LogP contribution in [-0.4, -0.2) is 8.42 Å². The van der Waals surface area contributed by atoms with Gasteiger partial charge in [0.25, 0.3) is 10.0 Å². The van der Waals surface area contributed by atoms with E-state index >= 15 is 0 Å². The lowest BCUT2D eigenvalue weighted by Crippen LogP contribution is -2.26. The average Bonchev–Trinajstić information content (AvgIpc) is 2.38.